The molecule has 0 radical (unpaired) electrons. The number of amides is 1. The van der Waals surface area contributed by atoms with Crippen LogP contribution in [0.3, 0.4) is 0 Å². The number of fused-ring (bicyclic) bond motifs is 1. The van der Waals surface area contributed by atoms with Crippen LogP contribution in [0.15, 0.2) is 42.5 Å². The van der Waals surface area contributed by atoms with Crippen LogP contribution >= 0.6 is 11.3 Å². The second-order valence-corrected chi connectivity index (χ2v) is 10.0. The molecule has 0 unspecified atom stereocenters. The van der Waals surface area contributed by atoms with Crippen molar-refractivity contribution in [2.45, 2.75) is 26.2 Å². The third kappa shape index (κ3) is 5.22. The number of carbonyl (C=O) groups excluding carboxylic acids is 1. The zero-order valence-corrected chi connectivity index (χ0v) is 19.1. The highest BCUT2D eigenvalue weighted by Gasteiger charge is 2.20. The number of anilines is 1. The Morgan fingerprint density at radius 3 is 2.48 bits per heavy atom. The molecule has 0 spiro atoms. The lowest BCUT2D eigenvalue weighted by Crippen LogP contribution is -2.48. The number of piperazine rings is 1. The van der Waals surface area contributed by atoms with E-state index in [1.165, 1.54) is 11.6 Å². The van der Waals surface area contributed by atoms with Gasteiger partial charge in [0.25, 0.3) is 5.91 Å². The van der Waals surface area contributed by atoms with Crippen molar-refractivity contribution in [2.75, 3.05) is 44.2 Å². The summed E-state index contributed by atoms with van der Waals surface area (Å²) in [6.07, 6.45) is 0. The van der Waals surface area contributed by atoms with Gasteiger partial charge in [0.15, 0.2) is 5.13 Å². The van der Waals surface area contributed by atoms with E-state index in [9.17, 15) is 9.18 Å². The molecule has 4 rings (SSSR count). The van der Waals surface area contributed by atoms with Crippen molar-refractivity contribution in [3.05, 3.63) is 59.4 Å². The predicted molar refractivity (Wildman–Crippen MR) is 126 cm³/mol. The number of hydrogen-bond acceptors (Lipinski definition) is 5. The van der Waals surface area contributed by atoms with Gasteiger partial charge < -0.3 is 10.2 Å². The van der Waals surface area contributed by atoms with Gasteiger partial charge in [0.2, 0.25) is 0 Å². The van der Waals surface area contributed by atoms with Crippen molar-refractivity contribution in [2.24, 2.45) is 0 Å². The predicted octanol–water partition coefficient (Wildman–Crippen LogP) is 4.28. The quantitative estimate of drug-likeness (QED) is 0.643. The number of aromatic nitrogens is 1. The molecule has 31 heavy (non-hydrogen) atoms. The lowest BCUT2D eigenvalue weighted by Gasteiger charge is -2.34. The van der Waals surface area contributed by atoms with E-state index in [1.807, 2.05) is 24.3 Å². The van der Waals surface area contributed by atoms with Gasteiger partial charge in [-0.1, -0.05) is 44.2 Å². The maximum atomic E-state index is 13.4. The highest BCUT2D eigenvalue weighted by atomic mass is 32.1. The van der Waals surface area contributed by atoms with E-state index in [4.69, 9.17) is 0 Å². The van der Waals surface area contributed by atoms with Crippen LogP contribution in [0.25, 0.3) is 10.2 Å². The first-order valence-electron chi connectivity index (χ1n) is 10.7. The summed E-state index contributed by atoms with van der Waals surface area (Å²) in [5.41, 5.74) is 2.85. The normalized spacial score (nSPS) is 15.4. The third-order valence-electron chi connectivity index (χ3n) is 5.71. The van der Waals surface area contributed by atoms with E-state index in [2.05, 4.69) is 40.9 Å². The molecule has 1 aliphatic heterocycles. The summed E-state index contributed by atoms with van der Waals surface area (Å²) in [6, 6.07) is 12.6. The number of carbonyl (C=O) groups is 1. The van der Waals surface area contributed by atoms with Crippen molar-refractivity contribution in [3.63, 3.8) is 0 Å². The number of halogens is 1. The van der Waals surface area contributed by atoms with E-state index in [-0.39, 0.29) is 17.1 Å². The number of nitrogens with zero attached hydrogens (tertiary/aromatic N) is 3. The Kier molecular flexibility index (Phi) is 6.25. The molecular weight excluding hydrogens is 411 g/mol. The summed E-state index contributed by atoms with van der Waals surface area (Å²) in [5, 5.41) is 3.98. The molecule has 0 aliphatic carbocycles. The molecule has 0 saturated carbocycles. The third-order valence-corrected chi connectivity index (χ3v) is 6.79. The summed E-state index contributed by atoms with van der Waals surface area (Å²) < 4.78 is 14.3. The SMILES string of the molecule is CC(C)(C)c1ccc(C(=O)NCCN2CCN(c3nc4ccc(F)cc4s3)CC2)cc1. The fraction of sp³-hybridized carbons (Fsp3) is 0.417. The molecule has 3 aromatic rings. The van der Waals surface area contributed by atoms with Crippen LogP contribution in [-0.4, -0.2) is 55.1 Å². The zero-order valence-electron chi connectivity index (χ0n) is 18.3. The van der Waals surface area contributed by atoms with Gasteiger partial charge in [0.05, 0.1) is 10.2 Å². The summed E-state index contributed by atoms with van der Waals surface area (Å²) in [4.78, 5) is 21.7. The Morgan fingerprint density at radius 2 is 1.81 bits per heavy atom. The Hall–Kier alpha value is -2.51. The minimum atomic E-state index is -0.222. The maximum absolute atomic E-state index is 13.4. The maximum Gasteiger partial charge on any atom is 0.251 e. The molecule has 1 saturated heterocycles. The second kappa shape index (κ2) is 8.93. The molecule has 1 aromatic heterocycles. The average molecular weight is 441 g/mol. The summed E-state index contributed by atoms with van der Waals surface area (Å²) in [6.45, 7) is 11.5. The number of hydrogen-bond donors (Lipinski definition) is 1. The Bertz CT molecular complexity index is 1050. The van der Waals surface area contributed by atoms with Crippen LogP contribution in [-0.2, 0) is 5.41 Å². The minimum Gasteiger partial charge on any atom is -0.351 e. The van der Waals surface area contributed by atoms with E-state index in [1.54, 1.807) is 23.5 Å². The van der Waals surface area contributed by atoms with Crippen molar-refractivity contribution in [1.29, 1.82) is 0 Å². The molecule has 1 N–H and O–H groups in total. The number of thiazole rings is 1. The highest BCUT2D eigenvalue weighted by molar-refractivity contribution is 7.22. The fourth-order valence-corrected chi connectivity index (χ4v) is 4.78. The van der Waals surface area contributed by atoms with Gasteiger partial charge in [-0.05, 0) is 41.3 Å². The Morgan fingerprint density at radius 1 is 1.10 bits per heavy atom. The van der Waals surface area contributed by atoms with Gasteiger partial charge in [-0.3, -0.25) is 9.69 Å². The molecular formula is C24H29FN4OS. The number of nitrogens with one attached hydrogen (secondary N) is 1. The van der Waals surface area contributed by atoms with Crippen molar-refractivity contribution in [1.82, 2.24) is 15.2 Å². The van der Waals surface area contributed by atoms with Crippen LogP contribution in [0.2, 0.25) is 0 Å². The smallest absolute Gasteiger partial charge is 0.251 e. The largest absolute Gasteiger partial charge is 0.351 e. The zero-order chi connectivity index (χ0) is 22.0. The van der Waals surface area contributed by atoms with Gasteiger partial charge in [-0.2, -0.15) is 0 Å². The summed E-state index contributed by atoms with van der Waals surface area (Å²) in [5.74, 6) is -0.250. The molecule has 0 atom stereocenters. The Labute approximate surface area is 186 Å². The van der Waals surface area contributed by atoms with Gasteiger partial charge in [0.1, 0.15) is 5.82 Å². The van der Waals surface area contributed by atoms with Crippen LogP contribution < -0.4 is 10.2 Å². The molecule has 164 valence electrons. The molecule has 2 aromatic carbocycles. The van der Waals surface area contributed by atoms with Gasteiger partial charge >= 0.3 is 0 Å². The van der Waals surface area contributed by atoms with Crippen molar-refractivity contribution < 1.29 is 9.18 Å². The van der Waals surface area contributed by atoms with Crippen molar-refractivity contribution >= 4 is 32.6 Å². The van der Waals surface area contributed by atoms with Crippen LogP contribution in [0.4, 0.5) is 9.52 Å². The summed E-state index contributed by atoms with van der Waals surface area (Å²) >= 11 is 1.54. The molecule has 1 fully saturated rings. The van der Waals surface area contributed by atoms with Gasteiger partial charge in [0, 0.05) is 44.8 Å². The minimum absolute atomic E-state index is 0.0270. The van der Waals surface area contributed by atoms with Crippen LogP contribution in [0, 0.1) is 5.82 Å². The highest BCUT2D eigenvalue weighted by Crippen LogP contribution is 2.29. The van der Waals surface area contributed by atoms with Crippen LogP contribution in [0.1, 0.15) is 36.7 Å². The molecule has 7 heteroatoms. The van der Waals surface area contributed by atoms with Gasteiger partial charge in [-0.15, -0.1) is 0 Å². The van der Waals surface area contributed by atoms with E-state index >= 15 is 0 Å². The van der Waals surface area contributed by atoms with Crippen molar-refractivity contribution in [3.8, 4) is 0 Å². The first-order valence-corrected chi connectivity index (χ1v) is 11.5. The molecule has 0 bridgehead atoms. The lowest BCUT2D eigenvalue weighted by molar-refractivity contribution is 0.0947. The Balaban J connectivity index is 1.23. The fourth-order valence-electron chi connectivity index (χ4n) is 3.74. The van der Waals surface area contributed by atoms with Crippen LogP contribution in [0.5, 0.6) is 0 Å². The topological polar surface area (TPSA) is 48.5 Å². The average Bonchev–Trinajstić information content (AvgIpc) is 3.17. The second-order valence-electron chi connectivity index (χ2n) is 9.02. The number of benzene rings is 2. The molecule has 1 aliphatic rings. The molecule has 2 heterocycles. The van der Waals surface area contributed by atoms with E-state index in [0.717, 1.165) is 48.1 Å². The first kappa shape index (κ1) is 21.7. The standard InChI is InChI=1S/C24H29FN4OS/c1-24(2,3)18-6-4-17(5-7-18)22(30)26-10-11-28-12-14-29(15-13-28)23-27-20-9-8-19(25)16-21(20)31-23/h4-9,16H,10-15H2,1-3H3,(H,26,30). The van der Waals surface area contributed by atoms with E-state index in [0.29, 0.717) is 12.1 Å². The summed E-state index contributed by atoms with van der Waals surface area (Å²) in [7, 11) is 0. The molecule has 5 nitrogen and oxygen atoms in total. The lowest BCUT2D eigenvalue weighted by atomic mass is 9.87. The van der Waals surface area contributed by atoms with Gasteiger partial charge in [-0.25, -0.2) is 9.37 Å². The monoisotopic (exact) mass is 440 g/mol. The van der Waals surface area contributed by atoms with E-state index < -0.39 is 0 Å². The number of rotatable bonds is 5. The molecule has 1 amide bonds. The first-order chi connectivity index (χ1) is 14.8.